The van der Waals surface area contributed by atoms with Gasteiger partial charge in [-0.25, -0.2) is 8.42 Å². The summed E-state index contributed by atoms with van der Waals surface area (Å²) in [6.45, 7) is 0.210. The molecular weight excluding hydrogens is 342 g/mol. The van der Waals surface area contributed by atoms with E-state index in [1.807, 2.05) is 30.3 Å². The van der Waals surface area contributed by atoms with E-state index in [9.17, 15) is 8.42 Å². The highest BCUT2D eigenvalue weighted by molar-refractivity contribution is 7.92. The average molecular weight is 358 g/mol. The lowest BCUT2D eigenvalue weighted by atomic mass is 10.2. The molecule has 3 nitrogen and oxygen atoms in total. The molecule has 24 heavy (non-hydrogen) atoms. The van der Waals surface area contributed by atoms with Crippen LogP contribution in [-0.4, -0.2) is 8.42 Å². The highest BCUT2D eigenvalue weighted by atomic mass is 35.5. The molecule has 0 atom stereocenters. The number of hydrogen-bond donors (Lipinski definition) is 0. The van der Waals surface area contributed by atoms with Crippen LogP contribution in [0, 0.1) is 0 Å². The molecule has 3 rings (SSSR count). The van der Waals surface area contributed by atoms with E-state index in [1.54, 1.807) is 54.6 Å². The molecule has 0 fully saturated rings. The largest absolute Gasteiger partial charge is 0.264 e. The van der Waals surface area contributed by atoms with Gasteiger partial charge >= 0.3 is 0 Å². The number of benzene rings is 3. The SMILES string of the molecule is O=S(=O)(c1ccccc1)N(Cc1ccccc1)c1ccccc1Cl. The van der Waals surface area contributed by atoms with Gasteiger partial charge in [0.1, 0.15) is 0 Å². The number of sulfonamides is 1. The van der Waals surface area contributed by atoms with E-state index >= 15 is 0 Å². The van der Waals surface area contributed by atoms with Crippen LogP contribution in [0.3, 0.4) is 0 Å². The van der Waals surface area contributed by atoms with Gasteiger partial charge in [0.05, 0.1) is 22.2 Å². The summed E-state index contributed by atoms with van der Waals surface area (Å²) < 4.78 is 27.7. The molecule has 122 valence electrons. The van der Waals surface area contributed by atoms with Gasteiger partial charge in [-0.15, -0.1) is 0 Å². The van der Waals surface area contributed by atoms with Gasteiger partial charge in [-0.1, -0.05) is 72.3 Å². The lowest BCUT2D eigenvalue weighted by Crippen LogP contribution is -2.30. The van der Waals surface area contributed by atoms with E-state index in [2.05, 4.69) is 0 Å². The molecule has 3 aromatic carbocycles. The van der Waals surface area contributed by atoms with Gasteiger partial charge in [0, 0.05) is 0 Å². The zero-order chi connectivity index (χ0) is 17.0. The second kappa shape index (κ2) is 7.07. The Balaban J connectivity index is 2.10. The summed E-state index contributed by atoms with van der Waals surface area (Å²) in [5.74, 6) is 0. The minimum Gasteiger partial charge on any atom is -0.260 e. The molecule has 0 heterocycles. The van der Waals surface area contributed by atoms with Crippen LogP contribution < -0.4 is 4.31 Å². The van der Waals surface area contributed by atoms with E-state index in [0.29, 0.717) is 10.7 Å². The third-order valence-corrected chi connectivity index (χ3v) is 5.71. The molecule has 0 saturated heterocycles. The summed E-state index contributed by atoms with van der Waals surface area (Å²) in [6.07, 6.45) is 0. The lowest BCUT2D eigenvalue weighted by molar-refractivity contribution is 0.590. The van der Waals surface area contributed by atoms with Crippen LogP contribution >= 0.6 is 11.6 Å². The van der Waals surface area contributed by atoms with Crippen LogP contribution in [0.15, 0.2) is 89.8 Å². The summed E-state index contributed by atoms with van der Waals surface area (Å²) in [4.78, 5) is 0.237. The van der Waals surface area contributed by atoms with Crippen molar-refractivity contribution in [3.8, 4) is 0 Å². The minimum atomic E-state index is -3.73. The molecule has 0 bridgehead atoms. The smallest absolute Gasteiger partial charge is 0.260 e. The van der Waals surface area contributed by atoms with Gasteiger partial charge in [0.25, 0.3) is 10.0 Å². The Bertz CT molecular complexity index is 912. The van der Waals surface area contributed by atoms with Crippen LogP contribution in [0.25, 0.3) is 0 Å². The molecule has 0 unspecified atom stereocenters. The van der Waals surface area contributed by atoms with E-state index in [-0.39, 0.29) is 11.4 Å². The Morgan fingerprint density at radius 1 is 0.750 bits per heavy atom. The fourth-order valence-electron chi connectivity index (χ4n) is 2.42. The van der Waals surface area contributed by atoms with Crippen molar-refractivity contribution in [3.63, 3.8) is 0 Å². The monoisotopic (exact) mass is 357 g/mol. The molecule has 0 amide bonds. The Labute approximate surface area is 147 Å². The standard InChI is InChI=1S/C19H16ClNO2S/c20-18-13-7-8-14-19(18)21(15-16-9-3-1-4-10-16)24(22,23)17-11-5-2-6-12-17/h1-14H,15H2. The van der Waals surface area contributed by atoms with Gasteiger partial charge in [0.2, 0.25) is 0 Å². The average Bonchev–Trinajstić information content (AvgIpc) is 2.62. The van der Waals surface area contributed by atoms with Gasteiger partial charge in [0.15, 0.2) is 0 Å². The zero-order valence-electron chi connectivity index (χ0n) is 12.8. The second-order valence-corrected chi connectivity index (χ2v) is 7.53. The molecule has 0 radical (unpaired) electrons. The van der Waals surface area contributed by atoms with Crippen LogP contribution in [-0.2, 0) is 16.6 Å². The summed E-state index contributed by atoms with van der Waals surface area (Å²) in [5, 5.41) is 0.396. The summed E-state index contributed by atoms with van der Waals surface area (Å²) in [6, 6.07) is 24.8. The molecule has 0 aliphatic rings. The summed E-state index contributed by atoms with van der Waals surface area (Å²) in [5.41, 5.74) is 1.35. The Kier molecular flexibility index (Phi) is 4.88. The zero-order valence-corrected chi connectivity index (χ0v) is 14.4. The van der Waals surface area contributed by atoms with Crippen molar-refractivity contribution in [2.75, 3.05) is 4.31 Å². The highest BCUT2D eigenvalue weighted by Gasteiger charge is 2.26. The lowest BCUT2D eigenvalue weighted by Gasteiger charge is -2.25. The number of nitrogens with zero attached hydrogens (tertiary/aromatic N) is 1. The third-order valence-electron chi connectivity index (χ3n) is 3.62. The first-order valence-electron chi connectivity index (χ1n) is 7.45. The fourth-order valence-corrected chi connectivity index (χ4v) is 4.20. The molecule has 0 aliphatic heterocycles. The van der Waals surface area contributed by atoms with Crippen molar-refractivity contribution in [2.24, 2.45) is 0 Å². The fraction of sp³-hybridized carbons (Fsp3) is 0.0526. The first kappa shape index (κ1) is 16.6. The molecule has 3 aromatic rings. The maximum Gasteiger partial charge on any atom is 0.264 e. The molecule has 0 saturated carbocycles. The molecule has 5 heteroatoms. The van der Waals surface area contributed by atoms with Gasteiger partial charge in [-0.3, -0.25) is 4.31 Å². The van der Waals surface area contributed by atoms with Crippen LogP contribution in [0.1, 0.15) is 5.56 Å². The molecule has 0 spiro atoms. The van der Waals surface area contributed by atoms with Crippen molar-refractivity contribution in [1.82, 2.24) is 0 Å². The maximum atomic E-state index is 13.2. The van der Waals surface area contributed by atoms with Gasteiger partial charge in [-0.2, -0.15) is 0 Å². The highest BCUT2D eigenvalue weighted by Crippen LogP contribution is 2.31. The number of halogens is 1. The third kappa shape index (κ3) is 3.45. The van der Waals surface area contributed by atoms with Gasteiger partial charge < -0.3 is 0 Å². The molecular formula is C19H16ClNO2S. The van der Waals surface area contributed by atoms with Crippen LogP contribution in [0.4, 0.5) is 5.69 Å². The van der Waals surface area contributed by atoms with Crippen LogP contribution in [0.2, 0.25) is 5.02 Å². The predicted octanol–water partition coefficient (Wildman–Crippen LogP) is 4.74. The Morgan fingerprint density at radius 2 is 1.29 bits per heavy atom. The molecule has 0 N–H and O–H groups in total. The number of rotatable bonds is 5. The Morgan fingerprint density at radius 3 is 1.92 bits per heavy atom. The molecule has 0 aromatic heterocycles. The quantitative estimate of drug-likeness (QED) is 0.661. The number of anilines is 1. The van der Waals surface area contributed by atoms with E-state index in [0.717, 1.165) is 5.56 Å². The van der Waals surface area contributed by atoms with Crippen molar-refractivity contribution in [2.45, 2.75) is 11.4 Å². The minimum absolute atomic E-state index is 0.210. The predicted molar refractivity (Wildman–Crippen MR) is 97.7 cm³/mol. The Hall–Kier alpha value is -2.30. The van der Waals surface area contributed by atoms with E-state index < -0.39 is 10.0 Å². The van der Waals surface area contributed by atoms with E-state index in [1.165, 1.54) is 4.31 Å². The first-order chi connectivity index (χ1) is 11.6. The second-order valence-electron chi connectivity index (χ2n) is 5.26. The van der Waals surface area contributed by atoms with Crippen LogP contribution in [0.5, 0.6) is 0 Å². The summed E-state index contributed by atoms with van der Waals surface area (Å²) >= 11 is 6.27. The topological polar surface area (TPSA) is 37.4 Å². The summed E-state index contributed by atoms with van der Waals surface area (Å²) in [7, 11) is -3.73. The number of hydrogen-bond acceptors (Lipinski definition) is 2. The van der Waals surface area contributed by atoms with Crippen molar-refractivity contribution >= 4 is 27.3 Å². The van der Waals surface area contributed by atoms with Crippen molar-refractivity contribution in [1.29, 1.82) is 0 Å². The van der Waals surface area contributed by atoms with E-state index in [4.69, 9.17) is 11.6 Å². The van der Waals surface area contributed by atoms with Crippen molar-refractivity contribution < 1.29 is 8.42 Å². The van der Waals surface area contributed by atoms with Crippen molar-refractivity contribution in [3.05, 3.63) is 95.5 Å². The van der Waals surface area contributed by atoms with Gasteiger partial charge in [-0.05, 0) is 29.8 Å². The number of para-hydroxylation sites is 1. The molecule has 0 aliphatic carbocycles. The normalized spacial score (nSPS) is 11.2. The first-order valence-corrected chi connectivity index (χ1v) is 9.27. The maximum absolute atomic E-state index is 13.2.